The zero-order valence-electron chi connectivity index (χ0n) is 14.5. The molecule has 2 aromatic carbocycles. The first kappa shape index (κ1) is 19.1. The molecule has 9 nitrogen and oxygen atoms in total. The van der Waals surface area contributed by atoms with Crippen LogP contribution in [0.15, 0.2) is 64.0 Å². The number of carboxylic acids is 1. The highest BCUT2D eigenvalue weighted by Gasteiger charge is 2.17. The number of nitrogens with one attached hydrogen (secondary N) is 2. The number of hydrogen-bond donors (Lipinski definition) is 3. The third-order valence-corrected chi connectivity index (χ3v) is 5.04. The van der Waals surface area contributed by atoms with Gasteiger partial charge in [-0.2, -0.15) is 0 Å². The minimum atomic E-state index is -3.98. The average molecular weight is 401 g/mol. The summed E-state index contributed by atoms with van der Waals surface area (Å²) in [6, 6.07) is 12.2. The van der Waals surface area contributed by atoms with Crippen LogP contribution in [0, 0.1) is 6.92 Å². The van der Waals surface area contributed by atoms with Crippen LogP contribution in [0.3, 0.4) is 0 Å². The number of anilines is 2. The van der Waals surface area contributed by atoms with Gasteiger partial charge in [0, 0.05) is 17.3 Å². The summed E-state index contributed by atoms with van der Waals surface area (Å²) in [4.78, 5) is 23.0. The Labute approximate surface area is 160 Å². The number of aryl methyl sites for hydroxylation is 1. The van der Waals surface area contributed by atoms with Gasteiger partial charge in [-0.3, -0.25) is 9.52 Å². The Morgan fingerprint density at radius 3 is 2.36 bits per heavy atom. The Bertz CT molecular complexity index is 1140. The molecule has 0 aliphatic rings. The van der Waals surface area contributed by atoms with Gasteiger partial charge in [0.1, 0.15) is 5.76 Å². The summed E-state index contributed by atoms with van der Waals surface area (Å²) in [5.74, 6) is -0.927. The molecule has 0 aliphatic heterocycles. The van der Waals surface area contributed by atoms with Gasteiger partial charge in [-0.25, -0.2) is 13.2 Å². The second-order valence-corrected chi connectivity index (χ2v) is 7.48. The Morgan fingerprint density at radius 2 is 1.75 bits per heavy atom. The first-order valence-corrected chi connectivity index (χ1v) is 9.44. The maximum absolute atomic E-state index is 12.6. The molecule has 0 bridgehead atoms. The number of benzene rings is 2. The molecule has 3 aromatic rings. The number of carbonyl (C=O) groups is 2. The van der Waals surface area contributed by atoms with E-state index in [2.05, 4.69) is 15.2 Å². The Hall–Kier alpha value is -3.66. The van der Waals surface area contributed by atoms with Crippen molar-refractivity contribution >= 4 is 33.4 Å². The summed E-state index contributed by atoms with van der Waals surface area (Å²) in [5, 5.41) is 15.0. The van der Waals surface area contributed by atoms with E-state index in [0.29, 0.717) is 5.76 Å². The molecule has 0 spiro atoms. The number of amides is 1. The molecule has 0 fully saturated rings. The fourth-order valence-corrected chi connectivity index (χ4v) is 3.42. The van der Waals surface area contributed by atoms with Crippen LogP contribution in [0.2, 0.25) is 0 Å². The van der Waals surface area contributed by atoms with Crippen molar-refractivity contribution in [1.82, 2.24) is 5.16 Å². The molecule has 0 unspecified atom stereocenters. The van der Waals surface area contributed by atoms with Crippen molar-refractivity contribution in [2.75, 3.05) is 10.0 Å². The second-order valence-electron chi connectivity index (χ2n) is 5.79. The van der Waals surface area contributed by atoms with Crippen LogP contribution in [-0.4, -0.2) is 30.6 Å². The number of aromatic nitrogens is 1. The summed E-state index contributed by atoms with van der Waals surface area (Å²) in [6.45, 7) is 1.67. The number of rotatable bonds is 6. The van der Waals surface area contributed by atoms with E-state index in [4.69, 9.17) is 9.63 Å². The molecule has 0 aliphatic carbocycles. The van der Waals surface area contributed by atoms with Crippen LogP contribution in [0.5, 0.6) is 0 Å². The lowest BCUT2D eigenvalue weighted by Crippen LogP contribution is -2.16. The molecule has 1 heterocycles. The molecule has 1 amide bonds. The van der Waals surface area contributed by atoms with Crippen molar-refractivity contribution in [3.63, 3.8) is 0 Å². The van der Waals surface area contributed by atoms with Gasteiger partial charge >= 0.3 is 5.97 Å². The van der Waals surface area contributed by atoms with Crippen LogP contribution >= 0.6 is 0 Å². The van der Waals surface area contributed by atoms with Crippen LogP contribution in [0.1, 0.15) is 26.5 Å². The van der Waals surface area contributed by atoms with Crippen LogP contribution in [-0.2, 0) is 10.0 Å². The highest BCUT2D eigenvalue weighted by molar-refractivity contribution is 7.92. The molecule has 0 saturated carbocycles. The van der Waals surface area contributed by atoms with Crippen molar-refractivity contribution in [2.45, 2.75) is 11.8 Å². The number of nitrogens with zero attached hydrogens (tertiary/aromatic N) is 1. The lowest BCUT2D eigenvalue weighted by atomic mass is 10.2. The van der Waals surface area contributed by atoms with Gasteiger partial charge < -0.3 is 14.9 Å². The minimum absolute atomic E-state index is 0.0321. The molecular formula is C18H15N3O6S. The molecule has 28 heavy (non-hydrogen) atoms. The Morgan fingerprint density at radius 1 is 1.04 bits per heavy atom. The molecule has 3 rings (SSSR count). The van der Waals surface area contributed by atoms with E-state index in [1.807, 2.05) is 0 Å². The standard InChI is InChI=1S/C18H15N3O6S/c1-11-9-16(20-27-11)19-17(22)13-3-2-4-15(10-13)28(25,26)21-14-7-5-12(6-8-14)18(23)24/h2-10,21H,1H3,(H,23,24)(H,19,20,22). The van der Waals surface area contributed by atoms with Gasteiger partial charge in [0.05, 0.1) is 10.5 Å². The summed E-state index contributed by atoms with van der Waals surface area (Å²) >= 11 is 0. The third kappa shape index (κ3) is 4.35. The number of carboxylic acid groups (broad SMARTS) is 1. The quantitative estimate of drug-likeness (QED) is 0.577. The van der Waals surface area contributed by atoms with Crippen LogP contribution in [0.4, 0.5) is 11.5 Å². The fraction of sp³-hybridized carbons (Fsp3) is 0.0556. The maximum atomic E-state index is 12.6. The first-order chi connectivity index (χ1) is 13.2. The molecule has 0 saturated heterocycles. The number of hydrogen-bond acceptors (Lipinski definition) is 6. The van der Waals surface area contributed by atoms with Gasteiger partial charge in [-0.1, -0.05) is 11.2 Å². The maximum Gasteiger partial charge on any atom is 0.335 e. The highest BCUT2D eigenvalue weighted by atomic mass is 32.2. The predicted octanol–water partition coefficient (Wildman–Crippen LogP) is 2.73. The Kier molecular flexibility index (Phi) is 5.14. The number of sulfonamides is 1. The van der Waals surface area contributed by atoms with Gasteiger partial charge in [0.2, 0.25) is 0 Å². The van der Waals surface area contributed by atoms with E-state index < -0.39 is 21.9 Å². The first-order valence-electron chi connectivity index (χ1n) is 7.95. The largest absolute Gasteiger partial charge is 0.478 e. The summed E-state index contributed by atoms with van der Waals surface area (Å²) < 4.78 is 32.3. The zero-order chi connectivity index (χ0) is 20.3. The molecule has 3 N–H and O–H groups in total. The SMILES string of the molecule is Cc1cc(NC(=O)c2cccc(S(=O)(=O)Nc3ccc(C(=O)O)cc3)c2)no1. The second kappa shape index (κ2) is 7.53. The summed E-state index contributed by atoms with van der Waals surface area (Å²) in [7, 11) is -3.98. The molecule has 10 heteroatoms. The summed E-state index contributed by atoms with van der Waals surface area (Å²) in [5.41, 5.74) is 0.340. The van der Waals surface area contributed by atoms with Gasteiger partial charge in [-0.15, -0.1) is 0 Å². The van der Waals surface area contributed by atoms with E-state index in [1.165, 1.54) is 54.6 Å². The van der Waals surface area contributed by atoms with Gasteiger partial charge in [0.25, 0.3) is 15.9 Å². The highest BCUT2D eigenvalue weighted by Crippen LogP contribution is 2.19. The molecule has 0 atom stereocenters. The van der Waals surface area contributed by atoms with Gasteiger partial charge in [0.15, 0.2) is 5.82 Å². The average Bonchev–Trinajstić information content (AvgIpc) is 3.06. The zero-order valence-corrected chi connectivity index (χ0v) is 15.4. The smallest absolute Gasteiger partial charge is 0.335 e. The van der Waals surface area contributed by atoms with E-state index in [1.54, 1.807) is 6.92 Å². The monoisotopic (exact) mass is 401 g/mol. The van der Waals surface area contributed by atoms with E-state index >= 15 is 0 Å². The van der Waals surface area contributed by atoms with E-state index in [-0.39, 0.29) is 27.5 Å². The van der Waals surface area contributed by atoms with Crippen molar-refractivity contribution < 1.29 is 27.6 Å². The lowest BCUT2D eigenvalue weighted by Gasteiger charge is -2.09. The van der Waals surface area contributed by atoms with Crippen LogP contribution < -0.4 is 10.0 Å². The topological polar surface area (TPSA) is 139 Å². The normalized spacial score (nSPS) is 11.0. The fourth-order valence-electron chi connectivity index (χ4n) is 2.31. The van der Waals surface area contributed by atoms with Crippen molar-refractivity contribution in [3.8, 4) is 0 Å². The van der Waals surface area contributed by atoms with E-state index in [9.17, 15) is 18.0 Å². The molecular weight excluding hydrogens is 386 g/mol. The van der Waals surface area contributed by atoms with Crippen molar-refractivity contribution in [3.05, 3.63) is 71.5 Å². The molecule has 1 aromatic heterocycles. The number of carbonyl (C=O) groups excluding carboxylic acids is 1. The molecule has 0 radical (unpaired) electrons. The number of aromatic carboxylic acids is 1. The molecule has 144 valence electrons. The summed E-state index contributed by atoms with van der Waals surface area (Å²) in [6.07, 6.45) is 0. The minimum Gasteiger partial charge on any atom is -0.478 e. The lowest BCUT2D eigenvalue weighted by molar-refractivity contribution is 0.0696. The predicted molar refractivity (Wildman–Crippen MR) is 99.8 cm³/mol. The van der Waals surface area contributed by atoms with E-state index in [0.717, 1.165) is 0 Å². The Balaban J connectivity index is 1.79. The van der Waals surface area contributed by atoms with Crippen molar-refractivity contribution in [1.29, 1.82) is 0 Å². The van der Waals surface area contributed by atoms with Crippen LogP contribution in [0.25, 0.3) is 0 Å². The van der Waals surface area contributed by atoms with Crippen molar-refractivity contribution in [2.24, 2.45) is 0 Å². The van der Waals surface area contributed by atoms with Gasteiger partial charge in [-0.05, 0) is 49.4 Å². The third-order valence-electron chi connectivity index (χ3n) is 3.66.